The van der Waals surface area contributed by atoms with Gasteiger partial charge in [0.2, 0.25) is 0 Å². The maximum Gasteiger partial charge on any atom is 0.282 e. The van der Waals surface area contributed by atoms with Crippen molar-refractivity contribution in [3.8, 4) is 0 Å². The number of nitrogens with one attached hydrogen (secondary N) is 1. The highest BCUT2D eigenvalue weighted by Crippen LogP contribution is 2.33. The van der Waals surface area contributed by atoms with Gasteiger partial charge < -0.3 is 5.32 Å². The highest BCUT2D eigenvalue weighted by molar-refractivity contribution is 6.46. The molecule has 0 atom stereocenters. The van der Waals surface area contributed by atoms with Crippen molar-refractivity contribution in [3.63, 3.8) is 0 Å². The van der Waals surface area contributed by atoms with Gasteiger partial charge in [0.25, 0.3) is 11.8 Å². The lowest BCUT2D eigenvalue weighted by molar-refractivity contribution is -0.120. The van der Waals surface area contributed by atoms with Gasteiger partial charge in [0, 0.05) is 11.8 Å². The van der Waals surface area contributed by atoms with Crippen molar-refractivity contribution in [2.45, 2.75) is 0 Å². The number of imide groups is 1. The van der Waals surface area contributed by atoms with Crippen molar-refractivity contribution in [3.05, 3.63) is 102 Å². The highest BCUT2D eigenvalue weighted by atomic mass is 19.2. The lowest BCUT2D eigenvalue weighted by atomic mass is 10.0. The van der Waals surface area contributed by atoms with E-state index in [1.54, 1.807) is 60.7 Å². The van der Waals surface area contributed by atoms with E-state index in [4.69, 9.17) is 0 Å². The Labute approximate surface area is 159 Å². The summed E-state index contributed by atoms with van der Waals surface area (Å²) in [6.45, 7) is 0. The molecule has 0 unspecified atom stereocenters. The minimum Gasteiger partial charge on any atom is -0.350 e. The Morgan fingerprint density at radius 1 is 0.714 bits per heavy atom. The Bertz CT molecular complexity index is 1100. The largest absolute Gasteiger partial charge is 0.350 e. The minimum absolute atomic E-state index is 0.00561. The summed E-state index contributed by atoms with van der Waals surface area (Å²) in [4.78, 5) is 27.2. The van der Waals surface area contributed by atoms with Crippen LogP contribution in [-0.2, 0) is 9.59 Å². The normalized spacial score (nSPS) is 14.0. The van der Waals surface area contributed by atoms with Crippen LogP contribution in [0, 0.1) is 11.6 Å². The quantitative estimate of drug-likeness (QED) is 0.689. The van der Waals surface area contributed by atoms with E-state index < -0.39 is 23.4 Å². The number of halogens is 2. The van der Waals surface area contributed by atoms with Crippen LogP contribution in [0.2, 0.25) is 0 Å². The first-order valence-electron chi connectivity index (χ1n) is 8.52. The van der Waals surface area contributed by atoms with Crippen molar-refractivity contribution in [1.29, 1.82) is 0 Å². The number of anilines is 2. The van der Waals surface area contributed by atoms with Gasteiger partial charge in [-0.15, -0.1) is 0 Å². The first-order chi connectivity index (χ1) is 13.6. The Balaban J connectivity index is 1.82. The Hall–Kier alpha value is -3.80. The number of amides is 2. The molecule has 4 rings (SSSR count). The van der Waals surface area contributed by atoms with E-state index in [0.29, 0.717) is 11.3 Å². The Kier molecular flexibility index (Phi) is 4.45. The van der Waals surface area contributed by atoms with Crippen LogP contribution >= 0.6 is 0 Å². The molecule has 2 amide bonds. The third-order valence-corrected chi connectivity index (χ3v) is 4.35. The molecule has 0 bridgehead atoms. The lowest BCUT2D eigenvalue weighted by Crippen LogP contribution is -2.32. The van der Waals surface area contributed by atoms with Crippen molar-refractivity contribution < 1.29 is 18.4 Å². The first kappa shape index (κ1) is 17.6. The molecule has 1 heterocycles. The van der Waals surface area contributed by atoms with E-state index in [1.807, 2.05) is 0 Å². The van der Waals surface area contributed by atoms with Gasteiger partial charge in [-0.2, -0.15) is 0 Å². The number of carbonyl (C=O) groups excluding carboxylic acids is 2. The van der Waals surface area contributed by atoms with E-state index in [9.17, 15) is 18.4 Å². The summed E-state index contributed by atoms with van der Waals surface area (Å²) in [5.74, 6) is -3.11. The SMILES string of the molecule is O=C1C(Nc2ccc(F)c(F)c2)=C(c2ccccc2)C(=O)N1c1ccccc1. The fourth-order valence-electron chi connectivity index (χ4n) is 3.05. The fraction of sp³-hybridized carbons (Fsp3) is 0. The zero-order chi connectivity index (χ0) is 19.7. The number of benzene rings is 3. The zero-order valence-corrected chi connectivity index (χ0v) is 14.5. The molecule has 0 saturated heterocycles. The maximum atomic E-state index is 13.6. The second-order valence-electron chi connectivity index (χ2n) is 6.15. The molecular weight excluding hydrogens is 362 g/mol. The smallest absolute Gasteiger partial charge is 0.282 e. The average molecular weight is 376 g/mol. The third-order valence-electron chi connectivity index (χ3n) is 4.35. The van der Waals surface area contributed by atoms with E-state index in [1.165, 1.54) is 6.07 Å². The number of para-hydroxylation sites is 1. The second kappa shape index (κ2) is 7.08. The number of rotatable bonds is 4. The molecule has 1 aliphatic rings. The van der Waals surface area contributed by atoms with Gasteiger partial charge in [-0.05, 0) is 29.8 Å². The summed E-state index contributed by atoms with van der Waals surface area (Å²) >= 11 is 0. The molecule has 1 N–H and O–H groups in total. The van der Waals surface area contributed by atoms with Gasteiger partial charge in [0.05, 0.1) is 11.3 Å². The number of hydrogen-bond acceptors (Lipinski definition) is 3. The number of hydrogen-bond donors (Lipinski definition) is 1. The molecule has 3 aromatic rings. The van der Waals surface area contributed by atoms with E-state index in [0.717, 1.165) is 17.0 Å². The second-order valence-corrected chi connectivity index (χ2v) is 6.15. The molecule has 0 aromatic heterocycles. The monoisotopic (exact) mass is 376 g/mol. The predicted molar refractivity (Wildman–Crippen MR) is 102 cm³/mol. The van der Waals surface area contributed by atoms with Gasteiger partial charge >= 0.3 is 0 Å². The fourth-order valence-corrected chi connectivity index (χ4v) is 3.05. The van der Waals surface area contributed by atoms with Crippen LogP contribution in [-0.4, -0.2) is 11.8 Å². The van der Waals surface area contributed by atoms with E-state index in [-0.39, 0.29) is 17.0 Å². The maximum absolute atomic E-state index is 13.6. The lowest BCUT2D eigenvalue weighted by Gasteiger charge is -2.15. The molecule has 4 nitrogen and oxygen atoms in total. The highest BCUT2D eigenvalue weighted by Gasteiger charge is 2.40. The van der Waals surface area contributed by atoms with Gasteiger partial charge in [0.1, 0.15) is 5.70 Å². The van der Waals surface area contributed by atoms with Crippen LogP contribution < -0.4 is 10.2 Å². The van der Waals surface area contributed by atoms with Crippen molar-refractivity contribution in [2.75, 3.05) is 10.2 Å². The number of carbonyl (C=O) groups is 2. The van der Waals surface area contributed by atoms with Crippen LogP contribution in [0.3, 0.4) is 0 Å². The van der Waals surface area contributed by atoms with Crippen LogP contribution in [0.15, 0.2) is 84.6 Å². The minimum atomic E-state index is -1.05. The molecular formula is C22H14F2N2O2. The third kappa shape index (κ3) is 3.05. The molecule has 138 valence electrons. The van der Waals surface area contributed by atoms with Crippen LogP contribution in [0.1, 0.15) is 5.56 Å². The summed E-state index contributed by atoms with van der Waals surface area (Å²) in [6, 6.07) is 20.4. The molecule has 0 aliphatic carbocycles. The number of nitrogens with zero attached hydrogens (tertiary/aromatic N) is 1. The molecule has 28 heavy (non-hydrogen) atoms. The van der Waals surface area contributed by atoms with Gasteiger partial charge in [-0.3, -0.25) is 9.59 Å². The van der Waals surface area contributed by atoms with E-state index >= 15 is 0 Å². The molecule has 0 radical (unpaired) electrons. The molecule has 0 saturated carbocycles. The standard InChI is InChI=1S/C22H14F2N2O2/c23-17-12-11-15(13-18(17)24)25-20-19(14-7-3-1-4-8-14)21(27)26(22(20)28)16-9-5-2-6-10-16/h1-13,25H. The van der Waals surface area contributed by atoms with Crippen molar-refractivity contribution in [1.82, 2.24) is 0 Å². The summed E-state index contributed by atoms with van der Waals surface area (Å²) in [6.07, 6.45) is 0. The Morgan fingerprint density at radius 3 is 2.00 bits per heavy atom. The van der Waals surface area contributed by atoms with Gasteiger partial charge in [-0.25, -0.2) is 13.7 Å². The van der Waals surface area contributed by atoms with Crippen LogP contribution in [0.25, 0.3) is 5.57 Å². The summed E-state index contributed by atoms with van der Waals surface area (Å²) in [7, 11) is 0. The summed E-state index contributed by atoms with van der Waals surface area (Å²) in [5.41, 5.74) is 1.31. The van der Waals surface area contributed by atoms with E-state index in [2.05, 4.69) is 5.32 Å². The van der Waals surface area contributed by atoms with Crippen molar-refractivity contribution >= 4 is 28.8 Å². The van der Waals surface area contributed by atoms with Crippen LogP contribution in [0.5, 0.6) is 0 Å². The molecule has 6 heteroatoms. The Morgan fingerprint density at radius 2 is 1.36 bits per heavy atom. The predicted octanol–water partition coefficient (Wildman–Crippen LogP) is 4.36. The zero-order valence-electron chi connectivity index (χ0n) is 14.5. The molecule has 3 aromatic carbocycles. The summed E-state index contributed by atoms with van der Waals surface area (Å²) in [5, 5.41) is 2.80. The average Bonchev–Trinajstić information content (AvgIpc) is 2.96. The topological polar surface area (TPSA) is 49.4 Å². The molecule has 0 fully saturated rings. The molecule has 0 spiro atoms. The molecule has 1 aliphatic heterocycles. The van der Waals surface area contributed by atoms with Crippen molar-refractivity contribution in [2.24, 2.45) is 0 Å². The van der Waals surface area contributed by atoms with Gasteiger partial charge in [0.15, 0.2) is 11.6 Å². The summed E-state index contributed by atoms with van der Waals surface area (Å²) < 4.78 is 26.8. The van der Waals surface area contributed by atoms with Gasteiger partial charge in [-0.1, -0.05) is 48.5 Å². The van der Waals surface area contributed by atoms with Crippen LogP contribution in [0.4, 0.5) is 20.2 Å². The first-order valence-corrected chi connectivity index (χ1v) is 8.52.